The molecule has 1 atom stereocenters. The van der Waals surface area contributed by atoms with Crippen LogP contribution in [0.3, 0.4) is 0 Å². The lowest BCUT2D eigenvalue weighted by molar-refractivity contribution is -0.307. The summed E-state index contributed by atoms with van der Waals surface area (Å²) >= 11 is 0. The Morgan fingerprint density at radius 1 is 1.50 bits per heavy atom. The Labute approximate surface area is 103 Å². The van der Waals surface area contributed by atoms with E-state index in [0.717, 1.165) is 5.56 Å². The van der Waals surface area contributed by atoms with Gasteiger partial charge in [-0.15, -0.1) is 0 Å². The molecule has 0 spiro atoms. The molecule has 0 saturated carbocycles. The highest BCUT2D eigenvalue weighted by Gasteiger charge is 2.11. The Morgan fingerprint density at radius 2 is 2.28 bits per heavy atom. The first-order valence-electron chi connectivity index (χ1n) is 5.41. The molecule has 2 N–H and O–H groups in total. The van der Waals surface area contributed by atoms with Crippen molar-refractivity contribution in [1.29, 1.82) is 0 Å². The van der Waals surface area contributed by atoms with E-state index in [1.165, 1.54) is 6.33 Å². The Hall–Kier alpha value is -2.21. The van der Waals surface area contributed by atoms with Gasteiger partial charge in [-0.3, -0.25) is 0 Å². The fraction of sp³-hybridized carbons (Fsp3) is 0.250. The summed E-state index contributed by atoms with van der Waals surface area (Å²) in [6.07, 6.45) is 1.34. The number of carbonyl (C=O) groups excluding carboxylic acids is 1. The molecule has 94 valence electrons. The van der Waals surface area contributed by atoms with Gasteiger partial charge in [0.2, 0.25) is 0 Å². The third kappa shape index (κ3) is 2.38. The number of anilines is 1. The van der Waals surface area contributed by atoms with Crippen molar-refractivity contribution in [2.45, 2.75) is 13.0 Å². The summed E-state index contributed by atoms with van der Waals surface area (Å²) in [6, 6.07) is 4.39. The van der Waals surface area contributed by atoms with Crippen molar-refractivity contribution in [3.8, 4) is 0 Å². The van der Waals surface area contributed by atoms with E-state index in [1.54, 1.807) is 0 Å². The minimum absolute atomic E-state index is 0.368. The maximum absolute atomic E-state index is 10.8. The highest BCUT2D eigenvalue weighted by atomic mass is 16.4. The molecule has 0 aliphatic carbocycles. The number of carboxylic acids is 1. The SMILES string of the molecule is Cc1ccc2ncnc(N[C@H](CO)C(=O)[O-])c2c1. The number of aryl methyl sites for hydroxylation is 1. The molecule has 0 unspecified atom stereocenters. The second-order valence-corrected chi connectivity index (χ2v) is 3.94. The van der Waals surface area contributed by atoms with Crippen molar-refractivity contribution < 1.29 is 15.0 Å². The van der Waals surface area contributed by atoms with E-state index in [1.807, 2.05) is 25.1 Å². The molecule has 18 heavy (non-hydrogen) atoms. The first-order valence-corrected chi connectivity index (χ1v) is 5.41. The average molecular weight is 246 g/mol. The number of hydrogen-bond donors (Lipinski definition) is 2. The summed E-state index contributed by atoms with van der Waals surface area (Å²) in [5, 5.41) is 23.1. The quantitative estimate of drug-likeness (QED) is 0.752. The van der Waals surface area contributed by atoms with Gasteiger partial charge < -0.3 is 20.3 Å². The lowest BCUT2D eigenvalue weighted by atomic mass is 10.1. The van der Waals surface area contributed by atoms with Crippen LogP contribution in [-0.4, -0.2) is 33.7 Å². The third-order valence-corrected chi connectivity index (χ3v) is 2.57. The molecule has 0 aliphatic rings. The number of carbonyl (C=O) groups is 1. The molecule has 0 aliphatic heterocycles. The molecule has 0 saturated heterocycles. The Bertz CT molecular complexity index is 586. The zero-order valence-electron chi connectivity index (χ0n) is 9.75. The van der Waals surface area contributed by atoms with E-state index in [-0.39, 0.29) is 0 Å². The van der Waals surface area contributed by atoms with Crippen LogP contribution in [0.4, 0.5) is 5.82 Å². The van der Waals surface area contributed by atoms with Gasteiger partial charge in [-0.05, 0) is 19.1 Å². The average Bonchev–Trinajstić information content (AvgIpc) is 2.35. The first kappa shape index (κ1) is 12.3. The lowest BCUT2D eigenvalue weighted by Crippen LogP contribution is -2.43. The summed E-state index contributed by atoms with van der Waals surface area (Å²) in [7, 11) is 0. The summed E-state index contributed by atoms with van der Waals surface area (Å²) in [6.45, 7) is 1.35. The molecule has 0 amide bonds. The molecule has 6 nitrogen and oxygen atoms in total. The molecule has 0 radical (unpaired) electrons. The van der Waals surface area contributed by atoms with Crippen LogP contribution in [0.2, 0.25) is 0 Å². The van der Waals surface area contributed by atoms with E-state index in [2.05, 4.69) is 15.3 Å². The number of aromatic nitrogens is 2. The van der Waals surface area contributed by atoms with Crippen LogP contribution in [0.5, 0.6) is 0 Å². The molecule has 1 aromatic heterocycles. The highest BCUT2D eigenvalue weighted by Crippen LogP contribution is 2.20. The largest absolute Gasteiger partial charge is 0.548 e. The van der Waals surface area contributed by atoms with Crippen LogP contribution in [0.15, 0.2) is 24.5 Å². The molecule has 0 fully saturated rings. The summed E-state index contributed by atoms with van der Waals surface area (Å²) in [5.74, 6) is -1.01. The number of nitrogens with one attached hydrogen (secondary N) is 1. The number of aliphatic hydroxyl groups is 1. The monoisotopic (exact) mass is 246 g/mol. The van der Waals surface area contributed by atoms with Gasteiger partial charge in [0.25, 0.3) is 0 Å². The lowest BCUT2D eigenvalue weighted by Gasteiger charge is -2.18. The highest BCUT2D eigenvalue weighted by molar-refractivity contribution is 5.90. The molecule has 6 heteroatoms. The number of hydrogen-bond acceptors (Lipinski definition) is 6. The van der Waals surface area contributed by atoms with Gasteiger partial charge in [-0.2, -0.15) is 0 Å². The maximum Gasteiger partial charge on any atom is 0.137 e. The molecule has 1 heterocycles. The van der Waals surface area contributed by atoms with Crippen molar-refractivity contribution in [2.24, 2.45) is 0 Å². The van der Waals surface area contributed by atoms with Gasteiger partial charge in [-0.1, -0.05) is 11.6 Å². The van der Waals surface area contributed by atoms with Crippen LogP contribution >= 0.6 is 0 Å². The number of nitrogens with zero attached hydrogens (tertiary/aromatic N) is 2. The number of rotatable bonds is 4. The van der Waals surface area contributed by atoms with Crippen LogP contribution in [0, 0.1) is 6.92 Å². The molecule has 1 aromatic carbocycles. The predicted molar refractivity (Wildman–Crippen MR) is 63.8 cm³/mol. The second kappa shape index (κ2) is 4.97. The fourth-order valence-corrected chi connectivity index (χ4v) is 1.63. The van der Waals surface area contributed by atoms with Gasteiger partial charge in [-0.25, -0.2) is 9.97 Å². The zero-order chi connectivity index (χ0) is 13.1. The van der Waals surface area contributed by atoms with Gasteiger partial charge in [0.15, 0.2) is 0 Å². The number of fused-ring (bicyclic) bond motifs is 1. The van der Waals surface area contributed by atoms with E-state index < -0.39 is 18.6 Å². The van der Waals surface area contributed by atoms with Crippen LogP contribution in [0.1, 0.15) is 5.56 Å². The smallest absolute Gasteiger partial charge is 0.137 e. The van der Waals surface area contributed by atoms with Crippen molar-refractivity contribution in [2.75, 3.05) is 11.9 Å². The fourth-order valence-electron chi connectivity index (χ4n) is 1.63. The first-order chi connectivity index (χ1) is 8.61. The van der Waals surface area contributed by atoms with Gasteiger partial charge in [0, 0.05) is 5.39 Å². The Morgan fingerprint density at radius 3 is 2.94 bits per heavy atom. The van der Waals surface area contributed by atoms with E-state index in [4.69, 9.17) is 5.11 Å². The normalized spacial score (nSPS) is 12.3. The molecular weight excluding hydrogens is 234 g/mol. The zero-order valence-corrected chi connectivity index (χ0v) is 9.75. The number of aliphatic hydroxyl groups excluding tert-OH is 1. The van der Waals surface area contributed by atoms with Crippen LogP contribution in [0.25, 0.3) is 10.9 Å². The molecule has 2 rings (SSSR count). The predicted octanol–water partition coefficient (Wildman–Crippen LogP) is -0.539. The van der Waals surface area contributed by atoms with Crippen LogP contribution in [-0.2, 0) is 4.79 Å². The van der Waals surface area contributed by atoms with Crippen molar-refractivity contribution >= 4 is 22.7 Å². The molecule has 0 bridgehead atoms. The minimum Gasteiger partial charge on any atom is -0.548 e. The van der Waals surface area contributed by atoms with Gasteiger partial charge in [0.05, 0.1) is 24.1 Å². The summed E-state index contributed by atoms with van der Waals surface area (Å²) < 4.78 is 0. The Kier molecular flexibility index (Phi) is 3.38. The maximum atomic E-state index is 10.8. The van der Waals surface area contributed by atoms with Gasteiger partial charge >= 0.3 is 0 Å². The minimum atomic E-state index is -1.38. The summed E-state index contributed by atoms with van der Waals surface area (Å²) in [5.41, 5.74) is 1.71. The van der Waals surface area contributed by atoms with Crippen LogP contribution < -0.4 is 10.4 Å². The number of aliphatic carboxylic acids is 1. The number of carboxylic acid groups (broad SMARTS) is 1. The molecular formula is C12H12N3O3-. The standard InChI is InChI=1S/C12H13N3O3/c1-7-2-3-9-8(4-7)11(14-6-13-9)15-10(5-16)12(17)18/h2-4,6,10,16H,5H2,1H3,(H,17,18)(H,13,14,15)/p-1/t10-/m1/s1. The van der Waals surface area contributed by atoms with Gasteiger partial charge in [0.1, 0.15) is 12.1 Å². The van der Waals surface area contributed by atoms with Crippen molar-refractivity contribution in [1.82, 2.24) is 9.97 Å². The Balaban J connectivity index is 2.44. The van der Waals surface area contributed by atoms with E-state index in [0.29, 0.717) is 16.7 Å². The van der Waals surface area contributed by atoms with E-state index in [9.17, 15) is 9.90 Å². The van der Waals surface area contributed by atoms with Crippen molar-refractivity contribution in [3.05, 3.63) is 30.1 Å². The topological polar surface area (TPSA) is 98.2 Å². The number of benzene rings is 1. The second-order valence-electron chi connectivity index (χ2n) is 3.94. The van der Waals surface area contributed by atoms with Crippen molar-refractivity contribution in [3.63, 3.8) is 0 Å². The van der Waals surface area contributed by atoms with E-state index >= 15 is 0 Å². The molecule has 2 aromatic rings. The summed E-state index contributed by atoms with van der Waals surface area (Å²) in [4.78, 5) is 18.8. The third-order valence-electron chi connectivity index (χ3n) is 2.57.